The molecule has 6 nitrogen and oxygen atoms in total. The zero-order chi connectivity index (χ0) is 24.1. The minimum Gasteiger partial charge on any atom is -0.503 e. The maximum absolute atomic E-state index is 13.2. The Labute approximate surface area is 197 Å². The number of rotatable bonds is 7. The van der Waals surface area contributed by atoms with Crippen LogP contribution in [0.1, 0.15) is 33.1 Å². The predicted molar refractivity (Wildman–Crippen MR) is 128 cm³/mol. The average molecular weight is 453 g/mol. The van der Waals surface area contributed by atoms with Crippen molar-refractivity contribution in [3.8, 4) is 0 Å². The highest BCUT2D eigenvalue weighted by Crippen LogP contribution is 2.39. The van der Waals surface area contributed by atoms with Crippen LogP contribution in [0.15, 0.2) is 102 Å². The van der Waals surface area contributed by atoms with Crippen LogP contribution in [0.4, 0.5) is 0 Å². The zero-order valence-electron chi connectivity index (χ0n) is 18.5. The second kappa shape index (κ2) is 10.0. The van der Waals surface area contributed by atoms with Crippen LogP contribution in [0.3, 0.4) is 0 Å². The number of aliphatic hydroxyl groups is 1. The van der Waals surface area contributed by atoms with Crippen molar-refractivity contribution < 1.29 is 24.2 Å². The summed E-state index contributed by atoms with van der Waals surface area (Å²) in [6, 6.07) is 24.3. The molecule has 0 aliphatic carbocycles. The number of benzene rings is 3. The number of esters is 1. The number of hydrogen-bond acceptors (Lipinski definition) is 5. The first-order valence-electron chi connectivity index (χ1n) is 10.7. The van der Waals surface area contributed by atoms with Gasteiger partial charge in [-0.2, -0.15) is 0 Å². The number of carbonyl (C=O) groups is 3. The van der Waals surface area contributed by atoms with Gasteiger partial charge in [0.25, 0.3) is 5.91 Å². The number of carbonyl (C=O) groups excluding carboxylic acids is 3. The lowest BCUT2D eigenvalue weighted by atomic mass is 9.94. The summed E-state index contributed by atoms with van der Waals surface area (Å²) in [5, 5.41) is 10.7. The van der Waals surface area contributed by atoms with Gasteiger partial charge in [0.15, 0.2) is 11.5 Å². The van der Waals surface area contributed by atoms with Gasteiger partial charge in [0.05, 0.1) is 24.3 Å². The smallest absolute Gasteiger partial charge is 0.337 e. The van der Waals surface area contributed by atoms with Crippen LogP contribution in [0.25, 0.3) is 6.08 Å². The van der Waals surface area contributed by atoms with E-state index in [0.717, 1.165) is 11.1 Å². The first-order chi connectivity index (χ1) is 16.5. The molecule has 1 aliphatic heterocycles. The van der Waals surface area contributed by atoms with Crippen LogP contribution in [0.5, 0.6) is 0 Å². The maximum atomic E-state index is 13.2. The van der Waals surface area contributed by atoms with Gasteiger partial charge in [-0.3, -0.25) is 9.59 Å². The van der Waals surface area contributed by atoms with Gasteiger partial charge < -0.3 is 14.7 Å². The highest BCUT2D eigenvalue weighted by Gasteiger charge is 2.42. The van der Waals surface area contributed by atoms with Crippen LogP contribution in [0, 0.1) is 0 Å². The molecular weight excluding hydrogens is 430 g/mol. The van der Waals surface area contributed by atoms with Gasteiger partial charge in [0, 0.05) is 6.54 Å². The van der Waals surface area contributed by atoms with Crippen molar-refractivity contribution in [1.29, 1.82) is 0 Å². The van der Waals surface area contributed by atoms with Crippen molar-refractivity contribution in [1.82, 2.24) is 4.90 Å². The van der Waals surface area contributed by atoms with Gasteiger partial charge in [-0.05, 0) is 34.9 Å². The van der Waals surface area contributed by atoms with Crippen LogP contribution in [-0.4, -0.2) is 34.8 Å². The summed E-state index contributed by atoms with van der Waals surface area (Å²) in [4.78, 5) is 39.6. The zero-order valence-corrected chi connectivity index (χ0v) is 18.5. The van der Waals surface area contributed by atoms with Gasteiger partial charge in [-0.25, -0.2) is 4.79 Å². The molecule has 4 rings (SSSR count). The van der Waals surface area contributed by atoms with Gasteiger partial charge in [0.1, 0.15) is 0 Å². The minimum atomic E-state index is -0.813. The van der Waals surface area contributed by atoms with Crippen molar-refractivity contribution in [3.63, 3.8) is 0 Å². The summed E-state index contributed by atoms with van der Waals surface area (Å²) < 4.78 is 4.75. The number of nitrogens with zero attached hydrogens (tertiary/aromatic N) is 1. The van der Waals surface area contributed by atoms with Crippen LogP contribution in [0.2, 0.25) is 0 Å². The lowest BCUT2D eigenvalue weighted by molar-refractivity contribution is -0.130. The Morgan fingerprint density at radius 1 is 0.941 bits per heavy atom. The number of aliphatic hydroxyl groups excluding tert-OH is 1. The molecule has 0 saturated carbocycles. The molecule has 0 bridgehead atoms. The van der Waals surface area contributed by atoms with Gasteiger partial charge in [-0.1, -0.05) is 78.9 Å². The fraction of sp³-hybridized carbons (Fsp3) is 0.107. The second-order valence-corrected chi connectivity index (χ2v) is 7.81. The summed E-state index contributed by atoms with van der Waals surface area (Å²) in [5.74, 6) is -2.15. The minimum absolute atomic E-state index is 0.000990. The summed E-state index contributed by atoms with van der Waals surface area (Å²) in [5.41, 5.74) is 2.61. The number of allylic oxidation sites excluding steroid dienone is 1. The monoisotopic (exact) mass is 453 g/mol. The third kappa shape index (κ3) is 4.66. The van der Waals surface area contributed by atoms with E-state index in [-0.39, 0.29) is 12.1 Å². The number of ether oxygens (including phenoxy) is 1. The van der Waals surface area contributed by atoms with E-state index in [1.165, 1.54) is 18.1 Å². The third-order valence-electron chi connectivity index (χ3n) is 5.64. The molecule has 0 spiro atoms. The SMILES string of the molecule is COC(=O)c1ccc(C2C(C(=O)/C=C/c3ccccc3)=C(O)C(=O)N2Cc2ccccc2)cc1. The molecular formula is C28H23NO5. The molecule has 1 amide bonds. The van der Waals surface area contributed by atoms with Crippen molar-refractivity contribution in [2.24, 2.45) is 0 Å². The highest BCUT2D eigenvalue weighted by molar-refractivity contribution is 6.14. The van der Waals surface area contributed by atoms with Crippen molar-refractivity contribution in [2.45, 2.75) is 12.6 Å². The van der Waals surface area contributed by atoms with E-state index in [0.29, 0.717) is 11.1 Å². The van der Waals surface area contributed by atoms with Crippen molar-refractivity contribution in [3.05, 3.63) is 125 Å². The third-order valence-corrected chi connectivity index (χ3v) is 5.64. The average Bonchev–Trinajstić information content (AvgIpc) is 3.13. The molecule has 170 valence electrons. The summed E-state index contributed by atoms with van der Waals surface area (Å²) in [6.45, 7) is 0.201. The summed E-state index contributed by atoms with van der Waals surface area (Å²) in [6.07, 6.45) is 3.00. The number of methoxy groups -OCH3 is 1. The largest absolute Gasteiger partial charge is 0.503 e. The molecule has 1 heterocycles. The quantitative estimate of drug-likeness (QED) is 0.416. The molecule has 1 N–H and O–H groups in total. The Bertz CT molecular complexity index is 1260. The van der Waals surface area contributed by atoms with E-state index >= 15 is 0 Å². The normalized spacial score (nSPS) is 15.7. The summed E-state index contributed by atoms with van der Waals surface area (Å²) in [7, 11) is 1.30. The maximum Gasteiger partial charge on any atom is 0.337 e. The standard InChI is InChI=1S/C28H23NO5/c1-34-28(33)22-15-13-21(14-16-22)25-24(23(30)17-12-19-8-4-2-5-9-19)26(31)27(32)29(25)18-20-10-6-3-7-11-20/h2-17,25,31H,18H2,1H3/b17-12+. The Morgan fingerprint density at radius 3 is 2.18 bits per heavy atom. The second-order valence-electron chi connectivity index (χ2n) is 7.81. The molecule has 1 atom stereocenters. The predicted octanol–water partition coefficient (Wildman–Crippen LogP) is 4.65. The van der Waals surface area contributed by atoms with Gasteiger partial charge in [-0.15, -0.1) is 0 Å². The van der Waals surface area contributed by atoms with E-state index in [4.69, 9.17) is 4.74 Å². The Balaban J connectivity index is 1.72. The van der Waals surface area contributed by atoms with Crippen molar-refractivity contribution in [2.75, 3.05) is 7.11 Å². The van der Waals surface area contributed by atoms with Gasteiger partial charge >= 0.3 is 5.97 Å². The molecule has 34 heavy (non-hydrogen) atoms. The van der Waals surface area contributed by atoms with Crippen LogP contribution < -0.4 is 0 Å². The fourth-order valence-corrected chi connectivity index (χ4v) is 3.94. The van der Waals surface area contributed by atoms with E-state index in [9.17, 15) is 19.5 Å². The van der Waals surface area contributed by atoms with Crippen LogP contribution >= 0.6 is 0 Å². The van der Waals surface area contributed by atoms with Crippen molar-refractivity contribution >= 4 is 23.7 Å². The Hall–Kier alpha value is -4.45. The number of hydrogen-bond donors (Lipinski definition) is 1. The van der Waals surface area contributed by atoms with E-state index in [2.05, 4.69) is 0 Å². The first kappa shape index (κ1) is 22.7. The lowest BCUT2D eigenvalue weighted by Crippen LogP contribution is -2.30. The van der Waals surface area contributed by atoms with E-state index in [1.54, 1.807) is 30.3 Å². The molecule has 1 unspecified atom stereocenters. The highest BCUT2D eigenvalue weighted by atomic mass is 16.5. The van der Waals surface area contributed by atoms with Crippen LogP contribution in [-0.2, 0) is 20.9 Å². The molecule has 0 saturated heterocycles. The topological polar surface area (TPSA) is 83.9 Å². The molecule has 1 aliphatic rings. The molecule has 0 fully saturated rings. The Kier molecular flexibility index (Phi) is 6.69. The summed E-state index contributed by atoms with van der Waals surface area (Å²) >= 11 is 0. The van der Waals surface area contributed by atoms with Gasteiger partial charge in [0.2, 0.25) is 0 Å². The molecule has 6 heteroatoms. The molecule has 3 aromatic carbocycles. The number of amides is 1. The van der Waals surface area contributed by atoms with E-state index in [1.807, 2.05) is 60.7 Å². The Morgan fingerprint density at radius 2 is 1.56 bits per heavy atom. The van der Waals surface area contributed by atoms with E-state index < -0.39 is 29.5 Å². The fourth-order valence-electron chi connectivity index (χ4n) is 3.94. The molecule has 0 radical (unpaired) electrons. The first-order valence-corrected chi connectivity index (χ1v) is 10.7. The molecule has 3 aromatic rings. The number of ketones is 1. The lowest BCUT2D eigenvalue weighted by Gasteiger charge is -2.27. The molecule has 0 aromatic heterocycles.